The largest absolute Gasteiger partial charge is 0.371 e. The number of hydrogen-bond acceptors (Lipinski definition) is 3. The first-order chi connectivity index (χ1) is 9.99. The average Bonchev–Trinajstić information content (AvgIpc) is 2.44. The van der Waals surface area contributed by atoms with Crippen molar-refractivity contribution in [1.29, 1.82) is 0 Å². The van der Waals surface area contributed by atoms with Gasteiger partial charge in [-0.1, -0.05) is 22.9 Å². The highest BCUT2D eigenvalue weighted by Crippen LogP contribution is 2.29. The second-order valence-electron chi connectivity index (χ2n) is 5.72. The molecule has 21 heavy (non-hydrogen) atoms. The maximum Gasteiger partial charge on any atom is 0.0415 e. The summed E-state index contributed by atoms with van der Waals surface area (Å²) in [7, 11) is 4.27. The van der Waals surface area contributed by atoms with Gasteiger partial charge in [-0.2, -0.15) is 0 Å². The van der Waals surface area contributed by atoms with Gasteiger partial charge in [-0.3, -0.25) is 0 Å². The van der Waals surface area contributed by atoms with Crippen LogP contribution in [-0.4, -0.2) is 45.2 Å². The zero-order chi connectivity index (χ0) is 15.8. The Balaban J connectivity index is 2.91. The van der Waals surface area contributed by atoms with Crippen LogP contribution in [-0.2, 0) is 0 Å². The zero-order valence-corrected chi connectivity index (χ0v) is 15.7. The van der Waals surface area contributed by atoms with Gasteiger partial charge in [-0.15, -0.1) is 0 Å². The molecule has 1 aromatic carbocycles. The fourth-order valence-corrected chi connectivity index (χ4v) is 2.98. The molecule has 0 aromatic heterocycles. The van der Waals surface area contributed by atoms with Gasteiger partial charge >= 0.3 is 0 Å². The smallest absolute Gasteiger partial charge is 0.0415 e. The van der Waals surface area contributed by atoms with E-state index in [1.807, 2.05) is 0 Å². The second kappa shape index (κ2) is 9.44. The van der Waals surface area contributed by atoms with E-state index in [-0.39, 0.29) is 0 Å². The van der Waals surface area contributed by atoms with Crippen LogP contribution < -0.4 is 10.2 Å². The first-order valence-corrected chi connectivity index (χ1v) is 8.71. The summed E-state index contributed by atoms with van der Waals surface area (Å²) in [4.78, 5) is 4.73. The van der Waals surface area contributed by atoms with Gasteiger partial charge in [-0.25, -0.2) is 0 Å². The van der Waals surface area contributed by atoms with E-state index in [0.29, 0.717) is 6.04 Å². The van der Waals surface area contributed by atoms with Crippen molar-refractivity contribution in [1.82, 2.24) is 10.2 Å². The van der Waals surface area contributed by atoms with Crippen LogP contribution in [0, 0.1) is 0 Å². The van der Waals surface area contributed by atoms with Crippen molar-refractivity contribution in [2.24, 2.45) is 0 Å². The van der Waals surface area contributed by atoms with E-state index in [0.717, 1.165) is 30.7 Å². The molecule has 0 spiro atoms. The third-order valence-corrected chi connectivity index (χ3v) is 4.22. The Kier molecular flexibility index (Phi) is 8.30. The molecule has 1 rings (SSSR count). The molecule has 1 atom stereocenters. The van der Waals surface area contributed by atoms with Crippen molar-refractivity contribution in [3.05, 3.63) is 28.2 Å². The van der Waals surface area contributed by atoms with E-state index in [1.54, 1.807) is 0 Å². The minimum Gasteiger partial charge on any atom is -0.371 e. The molecule has 4 heteroatoms. The van der Waals surface area contributed by atoms with Crippen LogP contribution in [0.5, 0.6) is 0 Å². The Hall–Kier alpha value is -0.580. The molecule has 120 valence electrons. The van der Waals surface area contributed by atoms with Gasteiger partial charge in [-0.05, 0) is 71.2 Å². The molecule has 1 aromatic rings. The van der Waals surface area contributed by atoms with Crippen molar-refractivity contribution < 1.29 is 0 Å². The van der Waals surface area contributed by atoms with Gasteiger partial charge in [0.05, 0.1) is 0 Å². The lowest BCUT2D eigenvalue weighted by Gasteiger charge is -2.29. The number of hydrogen-bond donors (Lipinski definition) is 1. The summed E-state index contributed by atoms with van der Waals surface area (Å²) in [5.74, 6) is 0. The summed E-state index contributed by atoms with van der Waals surface area (Å²) in [6, 6.07) is 7.00. The number of benzene rings is 1. The Morgan fingerprint density at radius 2 is 1.90 bits per heavy atom. The maximum absolute atomic E-state index is 3.61. The van der Waals surface area contributed by atoms with Crippen LogP contribution >= 0.6 is 15.9 Å². The molecule has 0 fully saturated rings. The highest BCUT2D eigenvalue weighted by Gasteiger charge is 2.14. The van der Waals surface area contributed by atoms with E-state index < -0.39 is 0 Å². The monoisotopic (exact) mass is 355 g/mol. The van der Waals surface area contributed by atoms with Gasteiger partial charge in [0.1, 0.15) is 0 Å². The van der Waals surface area contributed by atoms with Gasteiger partial charge in [0.2, 0.25) is 0 Å². The Morgan fingerprint density at radius 1 is 1.19 bits per heavy atom. The third kappa shape index (κ3) is 5.97. The lowest BCUT2D eigenvalue weighted by molar-refractivity contribution is 0.400. The van der Waals surface area contributed by atoms with Crippen molar-refractivity contribution in [3.63, 3.8) is 0 Å². The van der Waals surface area contributed by atoms with Gasteiger partial charge < -0.3 is 15.1 Å². The summed E-state index contributed by atoms with van der Waals surface area (Å²) in [5, 5.41) is 3.53. The first-order valence-electron chi connectivity index (χ1n) is 7.92. The summed E-state index contributed by atoms with van der Waals surface area (Å²) < 4.78 is 1.15. The molecule has 0 saturated heterocycles. The Morgan fingerprint density at radius 3 is 2.48 bits per heavy atom. The van der Waals surface area contributed by atoms with Crippen LogP contribution in [0.15, 0.2) is 22.7 Å². The number of rotatable bonds is 9. The van der Waals surface area contributed by atoms with Crippen LogP contribution in [0.1, 0.15) is 38.8 Å². The predicted molar refractivity (Wildman–Crippen MR) is 97.3 cm³/mol. The van der Waals surface area contributed by atoms with Gasteiger partial charge in [0.25, 0.3) is 0 Å². The molecule has 0 radical (unpaired) electrons. The maximum atomic E-state index is 3.61. The topological polar surface area (TPSA) is 18.5 Å². The third-order valence-electron chi connectivity index (χ3n) is 3.72. The zero-order valence-electron chi connectivity index (χ0n) is 14.1. The molecule has 0 heterocycles. The van der Waals surface area contributed by atoms with Gasteiger partial charge in [0.15, 0.2) is 0 Å². The summed E-state index contributed by atoms with van der Waals surface area (Å²) in [6.45, 7) is 10.9. The van der Waals surface area contributed by atoms with E-state index in [2.05, 4.69) is 84.1 Å². The highest BCUT2D eigenvalue weighted by molar-refractivity contribution is 9.10. The summed E-state index contributed by atoms with van der Waals surface area (Å²) >= 11 is 3.61. The second-order valence-corrected chi connectivity index (χ2v) is 6.63. The van der Waals surface area contributed by atoms with Crippen LogP contribution in [0.4, 0.5) is 5.69 Å². The standard InChI is InChI=1S/C17H30BrN3/c1-6-19-14(3)16-13-15(18)9-10-17(16)21(7-2)12-8-11-20(4)5/h9-10,13-14,19H,6-8,11-12H2,1-5H3. The van der Waals surface area contributed by atoms with E-state index in [9.17, 15) is 0 Å². The SMILES string of the molecule is CCNC(C)c1cc(Br)ccc1N(CC)CCCN(C)C. The molecule has 0 saturated carbocycles. The van der Waals surface area contributed by atoms with Crippen molar-refractivity contribution in [3.8, 4) is 0 Å². The molecule has 1 unspecified atom stereocenters. The Bertz CT molecular complexity index is 420. The average molecular weight is 356 g/mol. The number of nitrogens with one attached hydrogen (secondary N) is 1. The molecular weight excluding hydrogens is 326 g/mol. The molecule has 3 nitrogen and oxygen atoms in total. The minimum atomic E-state index is 0.366. The fourth-order valence-electron chi connectivity index (χ4n) is 2.60. The van der Waals surface area contributed by atoms with E-state index >= 15 is 0 Å². The van der Waals surface area contributed by atoms with E-state index in [1.165, 1.54) is 17.7 Å². The summed E-state index contributed by atoms with van der Waals surface area (Å²) in [6.07, 6.45) is 1.19. The quantitative estimate of drug-likeness (QED) is 0.724. The van der Waals surface area contributed by atoms with E-state index in [4.69, 9.17) is 0 Å². The number of nitrogens with zero attached hydrogens (tertiary/aromatic N) is 2. The van der Waals surface area contributed by atoms with Crippen LogP contribution in [0.25, 0.3) is 0 Å². The molecule has 0 amide bonds. The molecule has 1 N–H and O–H groups in total. The summed E-state index contributed by atoms with van der Waals surface area (Å²) in [5.41, 5.74) is 2.73. The molecular formula is C17H30BrN3. The number of anilines is 1. The van der Waals surface area contributed by atoms with Crippen molar-refractivity contribution >= 4 is 21.6 Å². The molecule has 0 bridgehead atoms. The minimum absolute atomic E-state index is 0.366. The highest BCUT2D eigenvalue weighted by atomic mass is 79.9. The van der Waals surface area contributed by atoms with Crippen molar-refractivity contribution in [2.45, 2.75) is 33.2 Å². The van der Waals surface area contributed by atoms with Crippen LogP contribution in [0.2, 0.25) is 0 Å². The fraction of sp³-hybridized carbons (Fsp3) is 0.647. The lowest BCUT2D eigenvalue weighted by Crippen LogP contribution is -2.29. The Labute approximate surface area is 138 Å². The van der Waals surface area contributed by atoms with Crippen LogP contribution in [0.3, 0.4) is 0 Å². The first kappa shape index (κ1) is 18.5. The molecule has 0 aliphatic carbocycles. The lowest BCUT2D eigenvalue weighted by atomic mass is 10.0. The molecule has 0 aliphatic rings. The van der Waals surface area contributed by atoms with Crippen molar-refractivity contribution in [2.75, 3.05) is 45.2 Å². The van der Waals surface area contributed by atoms with Gasteiger partial charge in [0, 0.05) is 29.3 Å². The normalized spacial score (nSPS) is 12.7. The molecule has 0 aliphatic heterocycles. The predicted octanol–water partition coefficient (Wildman–Crippen LogP) is 3.90. The number of halogens is 1.